The monoisotopic (exact) mass is 267 g/mol. The number of carbonyl (C=O) groups excluding carboxylic acids is 1. The lowest BCUT2D eigenvalue weighted by molar-refractivity contribution is -0.149. The van der Waals surface area contributed by atoms with E-state index in [0.717, 1.165) is 6.54 Å². The molecule has 0 aromatic heterocycles. The number of hydrogen-bond acceptors (Lipinski definition) is 1. The van der Waals surface area contributed by atoms with Crippen LogP contribution in [0, 0.1) is 22.7 Å². The highest BCUT2D eigenvalue weighted by molar-refractivity contribution is 5.78. The summed E-state index contributed by atoms with van der Waals surface area (Å²) in [6.07, 6.45) is 0.697. The van der Waals surface area contributed by atoms with Crippen LogP contribution in [0.2, 0.25) is 0 Å². The van der Waals surface area contributed by atoms with Crippen molar-refractivity contribution in [2.45, 2.75) is 74.3 Å². The fourth-order valence-electron chi connectivity index (χ4n) is 3.30. The molecule has 1 heterocycles. The van der Waals surface area contributed by atoms with Crippen molar-refractivity contribution in [2.75, 3.05) is 6.54 Å². The maximum absolute atomic E-state index is 12.5. The van der Waals surface area contributed by atoms with Crippen molar-refractivity contribution in [2.24, 2.45) is 22.7 Å². The summed E-state index contributed by atoms with van der Waals surface area (Å²) in [5.74, 6) is 1.36. The first-order valence-corrected chi connectivity index (χ1v) is 7.55. The predicted molar refractivity (Wildman–Crippen MR) is 82.0 cm³/mol. The van der Waals surface area contributed by atoms with Crippen LogP contribution >= 0.6 is 0 Å². The number of amides is 1. The minimum Gasteiger partial charge on any atom is -0.338 e. The van der Waals surface area contributed by atoms with Gasteiger partial charge in [-0.3, -0.25) is 4.79 Å². The van der Waals surface area contributed by atoms with Gasteiger partial charge in [0.15, 0.2) is 0 Å². The summed E-state index contributed by atoms with van der Waals surface area (Å²) in [4.78, 5) is 14.6. The lowest BCUT2D eigenvalue weighted by atomic mass is 9.61. The molecule has 0 N–H and O–H groups in total. The predicted octanol–water partition coefficient (Wildman–Crippen LogP) is 4.34. The Kier molecular flexibility index (Phi) is 4.16. The lowest BCUT2D eigenvalue weighted by Crippen LogP contribution is -2.57. The van der Waals surface area contributed by atoms with Gasteiger partial charge in [-0.25, -0.2) is 0 Å². The van der Waals surface area contributed by atoms with Crippen molar-refractivity contribution in [1.29, 1.82) is 0 Å². The largest absolute Gasteiger partial charge is 0.338 e. The molecule has 1 saturated heterocycles. The van der Waals surface area contributed by atoms with Crippen LogP contribution in [0.3, 0.4) is 0 Å². The summed E-state index contributed by atoms with van der Waals surface area (Å²) in [5, 5.41) is 0. The third-order valence-corrected chi connectivity index (χ3v) is 4.60. The molecule has 2 atom stereocenters. The van der Waals surface area contributed by atoms with E-state index in [1.54, 1.807) is 0 Å². The van der Waals surface area contributed by atoms with Crippen LogP contribution in [0.5, 0.6) is 0 Å². The Morgan fingerprint density at radius 3 is 1.58 bits per heavy atom. The van der Waals surface area contributed by atoms with Crippen LogP contribution in [-0.2, 0) is 4.79 Å². The van der Waals surface area contributed by atoms with Gasteiger partial charge in [0.25, 0.3) is 0 Å². The van der Waals surface area contributed by atoms with Crippen molar-refractivity contribution in [3.8, 4) is 0 Å². The van der Waals surface area contributed by atoms with Crippen molar-refractivity contribution in [3.63, 3.8) is 0 Å². The van der Waals surface area contributed by atoms with Gasteiger partial charge in [0.2, 0.25) is 5.91 Å². The van der Waals surface area contributed by atoms with Crippen LogP contribution in [0.15, 0.2) is 0 Å². The quantitative estimate of drug-likeness (QED) is 0.639. The highest BCUT2D eigenvalue weighted by atomic mass is 16.2. The Labute approximate surface area is 119 Å². The van der Waals surface area contributed by atoms with E-state index in [1.807, 2.05) is 0 Å². The molecule has 0 radical (unpaired) electrons. The SMILES string of the molecule is CC(C)(C)C1CC(=O)N(C(C)(C)C)CC1C(C)(C)C. The number of rotatable bonds is 0. The zero-order valence-electron chi connectivity index (χ0n) is 14.4. The van der Waals surface area contributed by atoms with Crippen LogP contribution < -0.4 is 0 Å². The number of likely N-dealkylation sites (tertiary alicyclic amines) is 1. The first kappa shape index (κ1) is 16.5. The molecule has 112 valence electrons. The molecule has 0 aromatic carbocycles. The van der Waals surface area contributed by atoms with E-state index in [-0.39, 0.29) is 16.4 Å². The van der Waals surface area contributed by atoms with Crippen molar-refractivity contribution >= 4 is 5.91 Å². The molecule has 0 saturated carbocycles. The van der Waals surface area contributed by atoms with Gasteiger partial charge >= 0.3 is 0 Å². The lowest BCUT2D eigenvalue weighted by Gasteiger charge is -2.52. The van der Waals surface area contributed by atoms with Crippen molar-refractivity contribution < 1.29 is 4.79 Å². The fraction of sp³-hybridized carbons (Fsp3) is 0.941. The topological polar surface area (TPSA) is 20.3 Å². The van der Waals surface area contributed by atoms with E-state index in [9.17, 15) is 4.79 Å². The van der Waals surface area contributed by atoms with Crippen LogP contribution in [0.1, 0.15) is 68.7 Å². The first-order valence-electron chi connectivity index (χ1n) is 7.55. The molecule has 1 aliphatic rings. The van der Waals surface area contributed by atoms with Gasteiger partial charge in [0.1, 0.15) is 0 Å². The summed E-state index contributed by atoms with van der Waals surface area (Å²) >= 11 is 0. The van der Waals surface area contributed by atoms with Gasteiger partial charge < -0.3 is 4.90 Å². The third-order valence-electron chi connectivity index (χ3n) is 4.60. The van der Waals surface area contributed by atoms with Gasteiger partial charge in [-0.1, -0.05) is 41.5 Å². The summed E-state index contributed by atoms with van der Waals surface area (Å²) in [5.41, 5.74) is 0.364. The highest BCUT2D eigenvalue weighted by Gasteiger charge is 2.46. The second-order valence-corrected chi connectivity index (χ2v) is 9.32. The van der Waals surface area contributed by atoms with Gasteiger partial charge in [-0.15, -0.1) is 0 Å². The average Bonchev–Trinajstić information content (AvgIpc) is 2.11. The van der Waals surface area contributed by atoms with Crippen LogP contribution in [0.25, 0.3) is 0 Å². The molecule has 0 spiro atoms. The maximum Gasteiger partial charge on any atom is 0.223 e. The Bertz CT molecular complexity index is 338. The van der Waals surface area contributed by atoms with E-state index in [4.69, 9.17) is 0 Å². The number of nitrogens with zero attached hydrogens (tertiary/aromatic N) is 1. The minimum atomic E-state index is -0.0660. The number of hydrogen-bond donors (Lipinski definition) is 0. The van der Waals surface area contributed by atoms with Gasteiger partial charge in [-0.05, 0) is 43.4 Å². The second kappa shape index (κ2) is 4.79. The molecular formula is C17H33NO. The summed E-state index contributed by atoms with van der Waals surface area (Å²) in [6, 6.07) is 0. The van der Waals surface area contributed by atoms with Gasteiger partial charge in [-0.2, -0.15) is 0 Å². The van der Waals surface area contributed by atoms with E-state index in [1.165, 1.54) is 0 Å². The van der Waals surface area contributed by atoms with E-state index < -0.39 is 0 Å². The Morgan fingerprint density at radius 1 is 0.842 bits per heavy atom. The molecule has 0 aliphatic carbocycles. The molecule has 1 amide bonds. The zero-order valence-corrected chi connectivity index (χ0v) is 14.4. The van der Waals surface area contributed by atoms with Crippen molar-refractivity contribution in [3.05, 3.63) is 0 Å². The Balaban J connectivity index is 3.11. The summed E-state index contributed by atoms with van der Waals surface area (Å²) in [7, 11) is 0. The van der Waals surface area contributed by atoms with E-state index in [0.29, 0.717) is 24.2 Å². The molecule has 0 aromatic rings. The highest BCUT2D eigenvalue weighted by Crippen LogP contribution is 2.47. The summed E-state index contributed by atoms with van der Waals surface area (Å²) < 4.78 is 0. The van der Waals surface area contributed by atoms with E-state index in [2.05, 4.69) is 67.2 Å². The van der Waals surface area contributed by atoms with Crippen LogP contribution in [0.4, 0.5) is 0 Å². The van der Waals surface area contributed by atoms with E-state index >= 15 is 0 Å². The fourth-order valence-corrected chi connectivity index (χ4v) is 3.30. The normalized spacial score (nSPS) is 26.8. The number of carbonyl (C=O) groups is 1. The standard InChI is InChI=1S/C17H33NO/c1-15(2,3)12-10-14(19)18(17(7,8)9)11-13(12)16(4,5)6/h12-13H,10-11H2,1-9H3. The molecule has 2 unspecified atom stereocenters. The van der Waals surface area contributed by atoms with Crippen molar-refractivity contribution in [1.82, 2.24) is 4.90 Å². The van der Waals surface area contributed by atoms with Gasteiger partial charge in [0, 0.05) is 18.5 Å². The average molecular weight is 267 g/mol. The molecule has 1 aliphatic heterocycles. The first-order chi connectivity index (χ1) is 8.24. The molecule has 0 bridgehead atoms. The Hall–Kier alpha value is -0.530. The molecule has 19 heavy (non-hydrogen) atoms. The van der Waals surface area contributed by atoms with Crippen LogP contribution in [-0.4, -0.2) is 22.9 Å². The number of piperidine rings is 1. The Morgan fingerprint density at radius 2 is 1.26 bits per heavy atom. The molecule has 2 nitrogen and oxygen atoms in total. The smallest absolute Gasteiger partial charge is 0.223 e. The zero-order chi connectivity index (χ0) is 15.2. The third kappa shape index (κ3) is 3.73. The minimum absolute atomic E-state index is 0.0660. The second-order valence-electron chi connectivity index (χ2n) is 9.32. The molecular weight excluding hydrogens is 234 g/mol. The summed E-state index contributed by atoms with van der Waals surface area (Å²) in [6.45, 7) is 21.1. The van der Waals surface area contributed by atoms with Gasteiger partial charge in [0.05, 0.1) is 0 Å². The molecule has 2 heteroatoms. The molecule has 1 fully saturated rings. The molecule has 1 rings (SSSR count). The maximum atomic E-state index is 12.5.